The minimum atomic E-state index is -0.451. The summed E-state index contributed by atoms with van der Waals surface area (Å²) in [5, 5.41) is 11.7. The summed E-state index contributed by atoms with van der Waals surface area (Å²) in [6.45, 7) is 3.07. The molecular weight excluding hydrogens is 416 g/mol. The lowest BCUT2D eigenvalue weighted by molar-refractivity contribution is 0.0949. The van der Waals surface area contributed by atoms with Crippen LogP contribution in [-0.4, -0.2) is 22.1 Å². The van der Waals surface area contributed by atoms with Crippen molar-refractivity contribution in [3.05, 3.63) is 69.1 Å². The normalized spacial score (nSPS) is 16.3. The van der Waals surface area contributed by atoms with Gasteiger partial charge in [0.25, 0.3) is 11.5 Å². The first-order chi connectivity index (χ1) is 15.9. The molecule has 1 amide bonds. The van der Waals surface area contributed by atoms with Crippen molar-refractivity contribution in [1.82, 2.24) is 14.9 Å². The molecule has 0 saturated heterocycles. The molecule has 3 aromatic rings. The maximum atomic E-state index is 13.1. The van der Waals surface area contributed by atoms with E-state index in [1.54, 1.807) is 37.4 Å². The number of nitrogens with zero attached hydrogens (tertiary/aromatic N) is 3. The molecule has 0 spiro atoms. The fourth-order valence-electron chi connectivity index (χ4n) is 3.92. The van der Waals surface area contributed by atoms with Gasteiger partial charge in [-0.15, -0.1) is 0 Å². The van der Waals surface area contributed by atoms with Crippen molar-refractivity contribution in [3.8, 4) is 11.8 Å². The summed E-state index contributed by atoms with van der Waals surface area (Å²) in [6.07, 6.45) is 4.49. The zero-order valence-corrected chi connectivity index (χ0v) is 18.9. The molecule has 2 aromatic heterocycles. The van der Waals surface area contributed by atoms with E-state index in [1.165, 1.54) is 4.57 Å². The molecule has 2 aliphatic rings. The Hall–Kier alpha value is -3.66. The number of pyridine rings is 2. The molecule has 0 atom stereocenters. The first-order valence-electron chi connectivity index (χ1n) is 11.3. The van der Waals surface area contributed by atoms with Crippen LogP contribution in [0.4, 0.5) is 0 Å². The molecule has 2 saturated carbocycles. The molecule has 2 fully saturated rings. The molecule has 7 nitrogen and oxygen atoms in total. The van der Waals surface area contributed by atoms with Crippen LogP contribution in [-0.2, 0) is 13.6 Å². The maximum Gasteiger partial charge on any atom is 0.263 e. The summed E-state index contributed by atoms with van der Waals surface area (Å²) in [7, 11) is 1.66. The second-order valence-corrected chi connectivity index (χ2v) is 9.57. The van der Waals surface area contributed by atoms with E-state index < -0.39 is 5.91 Å². The van der Waals surface area contributed by atoms with E-state index in [0.717, 1.165) is 36.9 Å². The number of aryl methyl sites for hydroxylation is 1. The van der Waals surface area contributed by atoms with Gasteiger partial charge >= 0.3 is 0 Å². The van der Waals surface area contributed by atoms with Gasteiger partial charge in [0.05, 0.1) is 23.8 Å². The predicted molar refractivity (Wildman–Crippen MR) is 126 cm³/mol. The summed E-state index contributed by atoms with van der Waals surface area (Å²) in [4.78, 5) is 30.8. The summed E-state index contributed by atoms with van der Waals surface area (Å²) in [5.74, 6) is 0.631. The van der Waals surface area contributed by atoms with E-state index in [0.29, 0.717) is 34.9 Å². The van der Waals surface area contributed by atoms with Gasteiger partial charge in [0.15, 0.2) is 0 Å². The van der Waals surface area contributed by atoms with Crippen molar-refractivity contribution in [1.29, 1.82) is 5.26 Å². The van der Waals surface area contributed by atoms with Crippen LogP contribution in [0.3, 0.4) is 0 Å². The molecule has 33 heavy (non-hydrogen) atoms. The molecule has 2 aliphatic carbocycles. The molecule has 170 valence electrons. The molecule has 2 heterocycles. The Labute approximate surface area is 193 Å². The molecule has 1 N–H and O–H groups in total. The second-order valence-electron chi connectivity index (χ2n) is 9.57. The fourth-order valence-corrected chi connectivity index (χ4v) is 3.92. The zero-order valence-electron chi connectivity index (χ0n) is 18.9. The van der Waals surface area contributed by atoms with Crippen LogP contribution in [0.2, 0.25) is 0 Å². The SMILES string of the molecule is Cn1c(=O)c(C(=O)NCc2ccc(C#N)cc2)cc2nc(C3CC3)cc(OCC3(C)CC3)c21.[HH]. The summed E-state index contributed by atoms with van der Waals surface area (Å²) in [5.41, 5.74) is 3.46. The van der Waals surface area contributed by atoms with E-state index in [-0.39, 0.29) is 24.5 Å². The van der Waals surface area contributed by atoms with Crippen molar-refractivity contribution in [2.45, 2.75) is 45.1 Å². The van der Waals surface area contributed by atoms with Gasteiger partial charge in [-0.3, -0.25) is 14.6 Å². The average Bonchev–Trinajstić information content (AvgIpc) is 3.75. The molecule has 0 radical (unpaired) electrons. The number of carbonyl (C=O) groups is 1. The maximum absolute atomic E-state index is 13.1. The molecular formula is C26H28N4O3. The van der Waals surface area contributed by atoms with Crippen LogP contribution in [0, 0.1) is 16.7 Å². The van der Waals surface area contributed by atoms with Gasteiger partial charge < -0.3 is 14.6 Å². The molecule has 0 unspecified atom stereocenters. The Balaban J connectivity index is 0.00000274. The number of fused-ring (bicyclic) bond motifs is 1. The van der Waals surface area contributed by atoms with Crippen molar-refractivity contribution >= 4 is 16.9 Å². The third kappa shape index (κ3) is 4.34. The van der Waals surface area contributed by atoms with Crippen molar-refractivity contribution < 1.29 is 11.0 Å². The highest BCUT2D eigenvalue weighted by atomic mass is 16.5. The minimum absolute atomic E-state index is 0. The van der Waals surface area contributed by atoms with Crippen LogP contribution in [0.15, 0.2) is 41.2 Å². The Morgan fingerprint density at radius 2 is 2.03 bits per heavy atom. The van der Waals surface area contributed by atoms with Crippen LogP contribution in [0.5, 0.6) is 5.75 Å². The Kier molecular flexibility index (Phi) is 5.16. The van der Waals surface area contributed by atoms with Crippen molar-refractivity contribution in [2.75, 3.05) is 6.61 Å². The number of rotatable bonds is 7. The number of nitrogens with one attached hydrogen (secondary N) is 1. The molecule has 1 aromatic carbocycles. The van der Waals surface area contributed by atoms with E-state index in [9.17, 15) is 9.59 Å². The topological polar surface area (TPSA) is 97.0 Å². The van der Waals surface area contributed by atoms with Gasteiger partial charge in [0.2, 0.25) is 0 Å². The van der Waals surface area contributed by atoms with Crippen LogP contribution < -0.4 is 15.6 Å². The quantitative estimate of drug-likeness (QED) is 0.593. The fraction of sp³-hybridized carbons (Fsp3) is 0.385. The molecule has 0 bridgehead atoms. The average molecular weight is 445 g/mol. The van der Waals surface area contributed by atoms with Crippen LogP contribution in [0.25, 0.3) is 11.0 Å². The lowest BCUT2D eigenvalue weighted by Crippen LogP contribution is -2.32. The third-order valence-electron chi connectivity index (χ3n) is 6.61. The number of hydrogen-bond donors (Lipinski definition) is 1. The van der Waals surface area contributed by atoms with E-state index >= 15 is 0 Å². The number of carbonyl (C=O) groups excluding carboxylic acids is 1. The van der Waals surface area contributed by atoms with E-state index in [2.05, 4.69) is 18.3 Å². The first kappa shape index (κ1) is 21.2. The smallest absolute Gasteiger partial charge is 0.263 e. The number of benzene rings is 1. The lowest BCUT2D eigenvalue weighted by atomic mass is 10.1. The lowest BCUT2D eigenvalue weighted by Gasteiger charge is -2.17. The summed E-state index contributed by atoms with van der Waals surface area (Å²) < 4.78 is 7.67. The standard InChI is InChI=1S/C26H26N4O3.H2/c1-26(9-10-26)15-33-22-12-20(18-7-8-18)29-21-11-19(25(32)30(2)23(21)22)24(31)28-14-17-5-3-16(13-27)4-6-17;/h3-6,11-12,18H,7-10,14-15H2,1-2H3,(H,28,31);1H. The van der Waals surface area contributed by atoms with Gasteiger partial charge in [-0.2, -0.15) is 5.26 Å². The summed E-state index contributed by atoms with van der Waals surface area (Å²) >= 11 is 0. The Morgan fingerprint density at radius 3 is 2.67 bits per heavy atom. The highest BCUT2D eigenvalue weighted by molar-refractivity contribution is 5.97. The van der Waals surface area contributed by atoms with Crippen molar-refractivity contribution in [3.63, 3.8) is 0 Å². The Morgan fingerprint density at radius 1 is 1.30 bits per heavy atom. The molecule has 5 rings (SSSR count). The minimum Gasteiger partial charge on any atom is -0.491 e. The number of nitriles is 1. The third-order valence-corrected chi connectivity index (χ3v) is 6.61. The first-order valence-corrected chi connectivity index (χ1v) is 11.3. The summed E-state index contributed by atoms with van der Waals surface area (Å²) in [6, 6.07) is 12.6. The second kappa shape index (κ2) is 8.04. The highest BCUT2D eigenvalue weighted by Gasteiger charge is 2.38. The highest BCUT2D eigenvalue weighted by Crippen LogP contribution is 2.46. The van der Waals surface area contributed by atoms with Gasteiger partial charge in [-0.05, 0) is 49.4 Å². The van der Waals surface area contributed by atoms with E-state index in [4.69, 9.17) is 15.0 Å². The number of ether oxygens (including phenoxy) is 1. The predicted octanol–water partition coefficient (Wildman–Crippen LogP) is 4.04. The zero-order chi connectivity index (χ0) is 23.2. The molecule has 7 heteroatoms. The van der Waals surface area contributed by atoms with Gasteiger partial charge in [0, 0.05) is 38.1 Å². The van der Waals surface area contributed by atoms with Gasteiger partial charge in [-0.1, -0.05) is 19.1 Å². The van der Waals surface area contributed by atoms with Crippen LogP contribution in [0.1, 0.15) is 67.1 Å². The van der Waals surface area contributed by atoms with Gasteiger partial charge in [0.1, 0.15) is 16.8 Å². The Bertz CT molecular complexity index is 1350. The van der Waals surface area contributed by atoms with E-state index in [1.807, 2.05) is 6.07 Å². The van der Waals surface area contributed by atoms with Crippen LogP contribution >= 0.6 is 0 Å². The monoisotopic (exact) mass is 444 g/mol. The number of amides is 1. The number of hydrogen-bond acceptors (Lipinski definition) is 5. The van der Waals surface area contributed by atoms with Gasteiger partial charge in [-0.25, -0.2) is 0 Å². The van der Waals surface area contributed by atoms with Crippen molar-refractivity contribution in [2.24, 2.45) is 12.5 Å². The molecule has 0 aliphatic heterocycles. The largest absolute Gasteiger partial charge is 0.491 e. The number of aromatic nitrogens is 2.